The van der Waals surface area contributed by atoms with Gasteiger partial charge in [0.1, 0.15) is 10.7 Å². The zero-order chi connectivity index (χ0) is 18.5. The normalized spacial score (nSPS) is 25.9. The third-order valence-corrected chi connectivity index (χ3v) is 8.25. The maximum Gasteiger partial charge on any atom is 0.247 e. The first-order chi connectivity index (χ1) is 12.4. The molecule has 8 heteroatoms. The molecule has 2 aliphatic heterocycles. The van der Waals surface area contributed by atoms with Gasteiger partial charge in [0.2, 0.25) is 10.0 Å². The predicted octanol–water partition coefficient (Wildman–Crippen LogP) is 2.25. The number of hydrogen-bond donors (Lipinski definition) is 0. The number of anilines is 1. The van der Waals surface area contributed by atoms with Gasteiger partial charge in [0, 0.05) is 43.8 Å². The fourth-order valence-electron chi connectivity index (χ4n) is 4.19. The number of nitrogens with zero attached hydrogens (tertiary/aromatic N) is 4. The molecule has 0 N–H and O–H groups in total. The summed E-state index contributed by atoms with van der Waals surface area (Å²) < 4.78 is 28.5. The molecule has 4 rings (SSSR count). The lowest BCUT2D eigenvalue weighted by molar-refractivity contribution is 0.250. The molecule has 6 nitrogen and oxygen atoms in total. The molecule has 2 aromatic rings. The Labute approximate surface area is 159 Å². The van der Waals surface area contributed by atoms with E-state index < -0.39 is 10.0 Å². The number of hydrogen-bond acceptors (Lipinski definition) is 6. The Balaban J connectivity index is 1.75. The Morgan fingerprint density at radius 1 is 1.23 bits per heavy atom. The first-order valence-corrected chi connectivity index (χ1v) is 11.2. The molecule has 0 amide bonds. The Morgan fingerprint density at radius 3 is 2.69 bits per heavy atom. The number of likely N-dealkylation sites (N-methyl/N-ethyl adjacent to an activating group) is 1. The third-order valence-electron chi connectivity index (χ3n) is 5.27. The number of likely N-dealkylation sites (tertiary alicyclic amines) is 1. The molecule has 4 heterocycles. The van der Waals surface area contributed by atoms with Crippen LogP contribution in [0.1, 0.15) is 18.7 Å². The highest BCUT2D eigenvalue weighted by Gasteiger charge is 2.49. The quantitative estimate of drug-likeness (QED) is 0.802. The average Bonchev–Trinajstić information content (AvgIpc) is 3.23. The molecule has 0 bridgehead atoms. The van der Waals surface area contributed by atoms with Crippen molar-refractivity contribution in [1.29, 1.82) is 0 Å². The summed E-state index contributed by atoms with van der Waals surface area (Å²) in [5.41, 5.74) is 0. The lowest BCUT2D eigenvalue weighted by Gasteiger charge is -2.34. The highest BCUT2D eigenvalue weighted by atomic mass is 32.2. The first-order valence-electron chi connectivity index (χ1n) is 8.85. The molecule has 2 aliphatic rings. The predicted molar refractivity (Wildman–Crippen MR) is 104 cm³/mol. The Bertz CT molecular complexity index is 882. The van der Waals surface area contributed by atoms with Crippen LogP contribution in [0.5, 0.6) is 0 Å². The van der Waals surface area contributed by atoms with Crippen molar-refractivity contribution in [2.75, 3.05) is 25.0 Å². The maximum absolute atomic E-state index is 13.4. The van der Waals surface area contributed by atoms with Gasteiger partial charge >= 0.3 is 0 Å². The molecule has 1 fully saturated rings. The molecule has 140 valence electrons. The van der Waals surface area contributed by atoms with Crippen LogP contribution in [0.4, 0.5) is 5.82 Å². The largest absolute Gasteiger partial charge is 0.353 e. The van der Waals surface area contributed by atoms with E-state index in [0.717, 1.165) is 19.6 Å². The summed E-state index contributed by atoms with van der Waals surface area (Å²) in [4.78, 5) is 10.5. The van der Waals surface area contributed by atoms with Gasteiger partial charge in [-0.05, 0) is 37.4 Å². The van der Waals surface area contributed by atoms with Gasteiger partial charge in [-0.25, -0.2) is 13.4 Å². The molecule has 0 aliphatic carbocycles. The molecule has 0 unspecified atom stereocenters. The van der Waals surface area contributed by atoms with Crippen LogP contribution in [0.15, 0.2) is 40.7 Å². The summed E-state index contributed by atoms with van der Waals surface area (Å²) in [5.74, 6) is 0.559. The van der Waals surface area contributed by atoms with E-state index in [1.807, 2.05) is 20.9 Å². The standard InChI is InChI=1S/C18H24N4O2S2/c1-13(2)22-16-12-21(10-14-6-5-9-25-14)11-15(16)20(3)18-17(26(22,23)24)7-4-8-19-18/h4-9,13,15-16H,10-12H2,1-3H3/t15-,16-/m0/s1. The molecule has 0 saturated carbocycles. The van der Waals surface area contributed by atoms with E-state index in [2.05, 4.69) is 32.3 Å². The highest BCUT2D eigenvalue weighted by molar-refractivity contribution is 7.89. The maximum atomic E-state index is 13.4. The first kappa shape index (κ1) is 17.9. The van der Waals surface area contributed by atoms with Crippen LogP contribution in [-0.4, -0.2) is 60.9 Å². The third kappa shape index (κ3) is 2.85. The average molecular weight is 393 g/mol. The van der Waals surface area contributed by atoms with Gasteiger partial charge in [0.25, 0.3) is 0 Å². The summed E-state index contributed by atoms with van der Waals surface area (Å²) in [5, 5.41) is 2.08. The summed E-state index contributed by atoms with van der Waals surface area (Å²) in [7, 11) is -1.62. The minimum absolute atomic E-state index is 0.0841. The van der Waals surface area contributed by atoms with Gasteiger partial charge in [-0.2, -0.15) is 4.31 Å². The van der Waals surface area contributed by atoms with Gasteiger partial charge < -0.3 is 4.90 Å². The van der Waals surface area contributed by atoms with Crippen LogP contribution < -0.4 is 4.90 Å². The molecule has 0 radical (unpaired) electrons. The van der Waals surface area contributed by atoms with Crippen LogP contribution in [0, 0.1) is 0 Å². The van der Waals surface area contributed by atoms with Gasteiger partial charge in [-0.1, -0.05) is 6.07 Å². The lowest BCUT2D eigenvalue weighted by atomic mass is 10.1. The molecule has 2 atom stereocenters. The van der Waals surface area contributed by atoms with Crippen molar-refractivity contribution in [1.82, 2.24) is 14.2 Å². The second kappa shape index (κ2) is 6.60. The van der Waals surface area contributed by atoms with Crippen molar-refractivity contribution in [2.45, 2.75) is 43.4 Å². The molecular formula is C18H24N4O2S2. The van der Waals surface area contributed by atoms with E-state index in [-0.39, 0.29) is 18.1 Å². The summed E-state index contributed by atoms with van der Waals surface area (Å²) in [6.45, 7) is 6.33. The monoisotopic (exact) mass is 392 g/mol. The van der Waals surface area contributed by atoms with E-state index in [4.69, 9.17) is 0 Å². The summed E-state index contributed by atoms with van der Waals surface area (Å²) >= 11 is 1.74. The number of fused-ring (bicyclic) bond motifs is 2. The smallest absolute Gasteiger partial charge is 0.247 e. The molecule has 0 spiro atoms. The van der Waals surface area contributed by atoms with Crippen LogP contribution >= 0.6 is 11.3 Å². The van der Waals surface area contributed by atoms with Crippen molar-refractivity contribution in [3.63, 3.8) is 0 Å². The van der Waals surface area contributed by atoms with E-state index in [1.54, 1.807) is 34.0 Å². The minimum atomic E-state index is -3.59. The Kier molecular flexibility index (Phi) is 4.54. The number of rotatable bonds is 3. The second-order valence-corrected chi connectivity index (χ2v) is 10.1. The molecule has 26 heavy (non-hydrogen) atoms. The van der Waals surface area contributed by atoms with E-state index in [0.29, 0.717) is 10.7 Å². The molecular weight excluding hydrogens is 368 g/mol. The Hall–Kier alpha value is -1.48. The lowest BCUT2D eigenvalue weighted by Crippen LogP contribution is -2.52. The number of pyridine rings is 1. The summed E-state index contributed by atoms with van der Waals surface area (Å²) in [6.07, 6.45) is 1.67. The Morgan fingerprint density at radius 2 is 2.00 bits per heavy atom. The van der Waals surface area contributed by atoms with Gasteiger partial charge in [0.05, 0.1) is 12.1 Å². The highest BCUT2D eigenvalue weighted by Crippen LogP contribution is 2.37. The van der Waals surface area contributed by atoms with Gasteiger partial charge in [0.15, 0.2) is 0 Å². The molecule has 0 aromatic carbocycles. The number of aromatic nitrogens is 1. The van der Waals surface area contributed by atoms with Gasteiger partial charge in [-0.3, -0.25) is 4.90 Å². The van der Waals surface area contributed by atoms with Crippen molar-refractivity contribution in [2.24, 2.45) is 0 Å². The SMILES string of the molecule is CC(C)N1[C@H]2CN(Cc3cccs3)C[C@@H]2N(C)c2ncccc2S1(=O)=O. The van der Waals surface area contributed by atoms with Crippen LogP contribution in [0.3, 0.4) is 0 Å². The van der Waals surface area contributed by atoms with Crippen molar-refractivity contribution < 1.29 is 8.42 Å². The molecule has 1 saturated heterocycles. The number of thiophene rings is 1. The second-order valence-electron chi connectivity index (χ2n) is 7.27. The fourth-order valence-corrected chi connectivity index (χ4v) is 6.96. The zero-order valence-corrected chi connectivity index (χ0v) is 16.9. The van der Waals surface area contributed by atoms with Crippen LogP contribution in [0.25, 0.3) is 0 Å². The molecule has 2 aromatic heterocycles. The van der Waals surface area contributed by atoms with Crippen molar-refractivity contribution in [3.05, 3.63) is 40.7 Å². The van der Waals surface area contributed by atoms with E-state index in [9.17, 15) is 8.42 Å². The summed E-state index contributed by atoms with van der Waals surface area (Å²) in [6, 6.07) is 7.47. The minimum Gasteiger partial charge on any atom is -0.353 e. The van der Waals surface area contributed by atoms with Gasteiger partial charge in [-0.15, -0.1) is 11.3 Å². The van der Waals surface area contributed by atoms with Crippen LogP contribution in [0.2, 0.25) is 0 Å². The van der Waals surface area contributed by atoms with Crippen molar-refractivity contribution in [3.8, 4) is 0 Å². The fraction of sp³-hybridized carbons (Fsp3) is 0.500. The zero-order valence-electron chi connectivity index (χ0n) is 15.2. The number of sulfonamides is 1. The topological polar surface area (TPSA) is 56.8 Å². The van der Waals surface area contributed by atoms with Crippen molar-refractivity contribution >= 4 is 27.2 Å². The van der Waals surface area contributed by atoms with Crippen LogP contribution in [-0.2, 0) is 16.6 Å². The van der Waals surface area contributed by atoms with E-state index in [1.165, 1.54) is 4.88 Å². The van der Waals surface area contributed by atoms with E-state index >= 15 is 0 Å².